The summed E-state index contributed by atoms with van der Waals surface area (Å²) in [6.45, 7) is 2.97. The second-order valence-electron chi connectivity index (χ2n) is 7.20. The van der Waals surface area contributed by atoms with E-state index in [1.165, 1.54) is 4.31 Å². The molecule has 162 valence electrons. The van der Waals surface area contributed by atoms with Crippen LogP contribution in [0.25, 0.3) is 0 Å². The van der Waals surface area contributed by atoms with Crippen LogP contribution in [0.1, 0.15) is 19.8 Å². The van der Waals surface area contributed by atoms with E-state index in [-0.39, 0.29) is 23.3 Å². The standard InChI is InChI=1S/C22H28N2O5S/c1-4-29-20-11-13-21(14-12-20)30(26,27)24-15-5-6-17(16-24)22(25)23(2)18-7-9-19(28-3)10-8-18/h7-14,17H,4-6,15-16H2,1-3H3/t17-/m1/s1. The van der Waals surface area contributed by atoms with Gasteiger partial charge in [0.15, 0.2) is 0 Å². The minimum Gasteiger partial charge on any atom is -0.497 e. The zero-order chi connectivity index (χ0) is 21.7. The summed E-state index contributed by atoms with van der Waals surface area (Å²) >= 11 is 0. The highest BCUT2D eigenvalue weighted by molar-refractivity contribution is 7.89. The average molecular weight is 433 g/mol. The van der Waals surface area contributed by atoms with Crippen LogP contribution in [0.4, 0.5) is 5.69 Å². The molecule has 0 aliphatic carbocycles. The molecule has 30 heavy (non-hydrogen) atoms. The van der Waals surface area contributed by atoms with E-state index in [1.54, 1.807) is 55.5 Å². The van der Waals surface area contributed by atoms with Crippen molar-refractivity contribution in [1.29, 1.82) is 0 Å². The summed E-state index contributed by atoms with van der Waals surface area (Å²) in [5, 5.41) is 0. The molecule has 2 aromatic carbocycles. The molecule has 0 spiro atoms. The van der Waals surface area contributed by atoms with Crippen molar-refractivity contribution < 1.29 is 22.7 Å². The van der Waals surface area contributed by atoms with Gasteiger partial charge in [-0.3, -0.25) is 4.79 Å². The molecule has 0 saturated carbocycles. The van der Waals surface area contributed by atoms with Gasteiger partial charge in [-0.25, -0.2) is 8.42 Å². The fourth-order valence-electron chi connectivity index (χ4n) is 3.59. The second-order valence-corrected chi connectivity index (χ2v) is 9.14. The number of piperidine rings is 1. The number of benzene rings is 2. The van der Waals surface area contributed by atoms with Gasteiger partial charge in [0.25, 0.3) is 0 Å². The zero-order valence-corrected chi connectivity index (χ0v) is 18.4. The summed E-state index contributed by atoms with van der Waals surface area (Å²) in [6, 6.07) is 13.6. The van der Waals surface area contributed by atoms with Crippen molar-refractivity contribution in [3.63, 3.8) is 0 Å². The lowest BCUT2D eigenvalue weighted by Crippen LogP contribution is -2.45. The maximum Gasteiger partial charge on any atom is 0.243 e. The quantitative estimate of drug-likeness (QED) is 0.672. The molecule has 7 nitrogen and oxygen atoms in total. The molecule has 0 N–H and O–H groups in total. The van der Waals surface area contributed by atoms with Gasteiger partial charge in [0, 0.05) is 25.8 Å². The first-order valence-electron chi connectivity index (χ1n) is 10.0. The lowest BCUT2D eigenvalue weighted by atomic mass is 9.98. The molecule has 2 aromatic rings. The molecule has 1 atom stereocenters. The highest BCUT2D eigenvalue weighted by atomic mass is 32.2. The van der Waals surface area contributed by atoms with Crippen LogP contribution in [0.5, 0.6) is 11.5 Å². The Hall–Kier alpha value is -2.58. The predicted octanol–water partition coefficient (Wildman–Crippen LogP) is 3.16. The third-order valence-corrected chi connectivity index (χ3v) is 7.18. The minimum atomic E-state index is -3.67. The van der Waals surface area contributed by atoms with Crippen molar-refractivity contribution in [3.05, 3.63) is 48.5 Å². The molecule has 1 fully saturated rings. The Balaban J connectivity index is 1.72. The Morgan fingerprint density at radius 3 is 2.33 bits per heavy atom. The van der Waals surface area contributed by atoms with Gasteiger partial charge in [0.1, 0.15) is 11.5 Å². The van der Waals surface area contributed by atoms with Crippen molar-refractivity contribution in [1.82, 2.24) is 4.31 Å². The molecular weight excluding hydrogens is 404 g/mol. The molecular formula is C22H28N2O5S. The van der Waals surface area contributed by atoms with Crippen molar-refractivity contribution >= 4 is 21.6 Å². The van der Waals surface area contributed by atoms with E-state index in [1.807, 2.05) is 19.1 Å². The smallest absolute Gasteiger partial charge is 0.243 e. The maximum atomic E-state index is 13.1. The first kappa shape index (κ1) is 22.1. The van der Waals surface area contributed by atoms with E-state index in [2.05, 4.69) is 0 Å². The number of hydrogen-bond donors (Lipinski definition) is 0. The number of amides is 1. The lowest BCUT2D eigenvalue weighted by molar-refractivity contribution is -0.123. The van der Waals surface area contributed by atoms with Crippen molar-refractivity contribution in [2.24, 2.45) is 5.92 Å². The van der Waals surface area contributed by atoms with Crippen LogP contribution in [0.3, 0.4) is 0 Å². The number of nitrogens with zero attached hydrogens (tertiary/aromatic N) is 2. The molecule has 1 aliphatic rings. The van der Waals surface area contributed by atoms with Gasteiger partial charge in [0.2, 0.25) is 15.9 Å². The predicted molar refractivity (Wildman–Crippen MR) is 115 cm³/mol. The Bertz CT molecular complexity index is 958. The number of anilines is 1. The van der Waals surface area contributed by atoms with Crippen molar-refractivity contribution in [3.8, 4) is 11.5 Å². The summed E-state index contributed by atoms with van der Waals surface area (Å²) < 4.78 is 38.1. The van der Waals surface area contributed by atoms with Crippen LogP contribution in [0, 0.1) is 5.92 Å². The topological polar surface area (TPSA) is 76.2 Å². The number of methoxy groups -OCH3 is 1. The van der Waals surface area contributed by atoms with Gasteiger partial charge in [-0.1, -0.05) is 0 Å². The third kappa shape index (κ3) is 4.76. The Morgan fingerprint density at radius 1 is 1.10 bits per heavy atom. The molecule has 0 aromatic heterocycles. The van der Waals surface area contributed by atoms with Crippen molar-refractivity contribution in [2.45, 2.75) is 24.7 Å². The van der Waals surface area contributed by atoms with E-state index in [4.69, 9.17) is 9.47 Å². The van der Waals surface area contributed by atoms with Gasteiger partial charge in [-0.05, 0) is 68.3 Å². The summed E-state index contributed by atoms with van der Waals surface area (Å²) in [7, 11) is -0.368. The van der Waals surface area contributed by atoms with E-state index in [9.17, 15) is 13.2 Å². The third-order valence-electron chi connectivity index (χ3n) is 5.30. The highest BCUT2D eigenvalue weighted by Crippen LogP contribution is 2.27. The van der Waals surface area contributed by atoms with Crippen LogP contribution in [-0.4, -0.2) is 52.5 Å². The maximum absolute atomic E-state index is 13.1. The molecule has 3 rings (SSSR count). The number of ether oxygens (including phenoxy) is 2. The highest BCUT2D eigenvalue weighted by Gasteiger charge is 2.34. The first-order valence-corrected chi connectivity index (χ1v) is 11.5. The largest absolute Gasteiger partial charge is 0.497 e. The summed E-state index contributed by atoms with van der Waals surface area (Å²) in [5.41, 5.74) is 0.743. The summed E-state index contributed by atoms with van der Waals surface area (Å²) in [5.74, 6) is 0.865. The van der Waals surface area contributed by atoms with Gasteiger partial charge >= 0.3 is 0 Å². The molecule has 1 aliphatic heterocycles. The average Bonchev–Trinajstić information content (AvgIpc) is 2.79. The first-order chi connectivity index (χ1) is 14.4. The van der Waals surface area contributed by atoms with Gasteiger partial charge in [0.05, 0.1) is 24.5 Å². The fourth-order valence-corrected chi connectivity index (χ4v) is 5.12. The molecule has 0 radical (unpaired) electrons. The normalized spacial score (nSPS) is 17.4. The summed E-state index contributed by atoms with van der Waals surface area (Å²) in [4.78, 5) is 14.8. The number of carbonyl (C=O) groups is 1. The Labute approximate surface area is 178 Å². The molecule has 1 saturated heterocycles. The SMILES string of the molecule is CCOc1ccc(S(=O)(=O)N2CCC[C@@H](C(=O)N(C)c3ccc(OC)cc3)C2)cc1. The van der Waals surface area contributed by atoms with Gasteiger partial charge in [-0.15, -0.1) is 0 Å². The zero-order valence-electron chi connectivity index (χ0n) is 17.6. The van der Waals surface area contributed by atoms with Crippen LogP contribution in [0.15, 0.2) is 53.4 Å². The van der Waals surface area contributed by atoms with Gasteiger partial charge < -0.3 is 14.4 Å². The minimum absolute atomic E-state index is 0.0910. The molecule has 1 heterocycles. The van der Waals surface area contributed by atoms with E-state index in [0.29, 0.717) is 37.5 Å². The second kappa shape index (κ2) is 9.49. The fraction of sp³-hybridized carbons (Fsp3) is 0.409. The Kier molecular flexibility index (Phi) is 6.99. The van der Waals surface area contributed by atoms with Crippen molar-refractivity contribution in [2.75, 3.05) is 38.8 Å². The lowest BCUT2D eigenvalue weighted by Gasteiger charge is -2.33. The Morgan fingerprint density at radius 2 is 1.73 bits per heavy atom. The van der Waals surface area contributed by atoms with Gasteiger partial charge in [-0.2, -0.15) is 4.31 Å². The molecule has 8 heteroatoms. The van der Waals surface area contributed by atoms with E-state index >= 15 is 0 Å². The number of sulfonamides is 1. The van der Waals surface area contributed by atoms with Crippen LogP contribution >= 0.6 is 0 Å². The van der Waals surface area contributed by atoms with Crippen LogP contribution in [-0.2, 0) is 14.8 Å². The number of carbonyl (C=O) groups excluding carboxylic acids is 1. The summed E-state index contributed by atoms with van der Waals surface area (Å²) in [6.07, 6.45) is 1.30. The molecule has 0 bridgehead atoms. The van der Waals surface area contributed by atoms with Crippen LogP contribution < -0.4 is 14.4 Å². The molecule has 0 unspecified atom stereocenters. The monoisotopic (exact) mass is 432 g/mol. The van der Waals surface area contributed by atoms with Crippen LogP contribution in [0.2, 0.25) is 0 Å². The number of rotatable bonds is 7. The van der Waals surface area contributed by atoms with E-state index < -0.39 is 10.0 Å². The van der Waals surface area contributed by atoms with E-state index in [0.717, 1.165) is 5.69 Å². The molecule has 1 amide bonds. The number of hydrogen-bond acceptors (Lipinski definition) is 5.